The molecular weight excluding hydrogens is 353 g/mol. The molecule has 5 N–H and O–H groups in total. The molecule has 12 heteroatoms. The molecule has 0 aliphatic carbocycles. The van der Waals surface area contributed by atoms with Crippen LogP contribution in [-0.4, -0.2) is 65.4 Å². The number of halogens is 1. The first-order chi connectivity index (χ1) is 12.2. The van der Waals surface area contributed by atoms with Crippen LogP contribution in [-0.2, 0) is 9.53 Å². The van der Waals surface area contributed by atoms with Gasteiger partial charge in [0.2, 0.25) is 17.6 Å². The summed E-state index contributed by atoms with van der Waals surface area (Å²) in [6, 6.07) is 0. The summed E-state index contributed by atoms with van der Waals surface area (Å²) in [7, 11) is 0. The largest absolute Gasteiger partial charge is 0.394 e. The predicted octanol–water partition coefficient (Wildman–Crippen LogP) is -1.38. The fourth-order valence-electron chi connectivity index (χ4n) is 2.57. The summed E-state index contributed by atoms with van der Waals surface area (Å²) >= 11 is 0. The predicted molar refractivity (Wildman–Crippen MR) is 84.7 cm³/mol. The highest BCUT2D eigenvalue weighted by Crippen LogP contribution is 2.39. The number of nitrogens with zero attached hydrogens (tertiary/aromatic N) is 3. The number of fused-ring (bicyclic) bond motifs is 1. The third-order valence-electron chi connectivity index (χ3n) is 4.03. The maximum absolute atomic E-state index is 14.1. The van der Waals surface area contributed by atoms with Crippen LogP contribution in [0.25, 0.3) is 11.2 Å². The number of amides is 1. The Kier molecular flexibility index (Phi) is 4.52. The Hall–Kier alpha value is -2.41. The lowest BCUT2D eigenvalue weighted by molar-refractivity contribution is -0.236. The van der Waals surface area contributed by atoms with E-state index in [1.54, 1.807) is 13.8 Å². The SMILES string of the molecule is CC(C)C(=O)Nc1nc2c(ncn2[C@@H]2O[C@H](CO)[C@@H](F)C2(O)O)c(=O)[nH]1. The van der Waals surface area contributed by atoms with E-state index in [1.807, 2.05) is 0 Å². The minimum Gasteiger partial charge on any atom is -0.394 e. The van der Waals surface area contributed by atoms with Crippen molar-refractivity contribution in [1.29, 1.82) is 0 Å². The van der Waals surface area contributed by atoms with Gasteiger partial charge in [-0.2, -0.15) is 4.98 Å². The number of imidazole rings is 1. The highest BCUT2D eigenvalue weighted by Gasteiger charge is 2.57. The minimum atomic E-state index is -2.98. The fraction of sp³-hybridized carbons (Fsp3) is 0.571. The number of hydrogen-bond acceptors (Lipinski definition) is 8. The molecule has 0 unspecified atom stereocenters. The van der Waals surface area contributed by atoms with Crippen molar-refractivity contribution in [2.24, 2.45) is 5.92 Å². The Morgan fingerprint density at radius 3 is 2.81 bits per heavy atom. The third-order valence-corrected chi connectivity index (χ3v) is 4.03. The van der Waals surface area contributed by atoms with E-state index in [1.165, 1.54) is 0 Å². The van der Waals surface area contributed by atoms with Gasteiger partial charge in [-0.3, -0.25) is 24.5 Å². The number of rotatable bonds is 4. The molecule has 26 heavy (non-hydrogen) atoms. The molecule has 0 aromatic carbocycles. The normalized spacial score (nSPS) is 25.1. The number of nitrogens with one attached hydrogen (secondary N) is 2. The molecule has 3 heterocycles. The highest BCUT2D eigenvalue weighted by atomic mass is 19.1. The van der Waals surface area contributed by atoms with Gasteiger partial charge >= 0.3 is 0 Å². The van der Waals surface area contributed by atoms with E-state index in [-0.39, 0.29) is 23.0 Å². The number of aromatic amines is 1. The molecule has 1 amide bonds. The first kappa shape index (κ1) is 18.4. The number of aromatic nitrogens is 4. The first-order valence-corrected chi connectivity index (χ1v) is 7.79. The van der Waals surface area contributed by atoms with Crippen molar-refractivity contribution in [2.45, 2.75) is 38.1 Å². The zero-order valence-electron chi connectivity index (χ0n) is 13.9. The first-order valence-electron chi connectivity index (χ1n) is 7.79. The highest BCUT2D eigenvalue weighted by molar-refractivity contribution is 5.91. The van der Waals surface area contributed by atoms with Crippen LogP contribution in [0.1, 0.15) is 20.1 Å². The quantitative estimate of drug-likeness (QED) is 0.411. The number of ether oxygens (including phenoxy) is 1. The summed E-state index contributed by atoms with van der Waals surface area (Å²) in [4.78, 5) is 34.1. The van der Waals surface area contributed by atoms with Gasteiger partial charge < -0.3 is 20.1 Å². The molecule has 1 saturated heterocycles. The summed E-state index contributed by atoms with van der Waals surface area (Å²) < 4.78 is 20.2. The Morgan fingerprint density at radius 2 is 2.23 bits per heavy atom. The van der Waals surface area contributed by atoms with Gasteiger partial charge in [-0.15, -0.1) is 0 Å². The van der Waals surface area contributed by atoms with Gasteiger partial charge in [-0.1, -0.05) is 13.8 Å². The van der Waals surface area contributed by atoms with Crippen LogP contribution in [0.15, 0.2) is 11.1 Å². The summed E-state index contributed by atoms with van der Waals surface area (Å²) in [6.07, 6.45) is -4.45. The van der Waals surface area contributed by atoms with Crippen molar-refractivity contribution < 1.29 is 29.2 Å². The number of aliphatic hydroxyl groups is 3. The lowest BCUT2D eigenvalue weighted by Crippen LogP contribution is -2.44. The molecule has 0 bridgehead atoms. The summed E-state index contributed by atoms with van der Waals surface area (Å²) in [5, 5.41) is 31.6. The monoisotopic (exact) mass is 371 g/mol. The molecule has 3 atom stereocenters. The van der Waals surface area contributed by atoms with E-state index in [0.29, 0.717) is 0 Å². The van der Waals surface area contributed by atoms with E-state index in [0.717, 1.165) is 10.9 Å². The molecule has 1 fully saturated rings. The molecule has 3 rings (SSSR count). The van der Waals surface area contributed by atoms with Gasteiger partial charge in [-0.25, -0.2) is 9.37 Å². The molecular formula is C14H18FN5O6. The van der Waals surface area contributed by atoms with Gasteiger partial charge in [-0.05, 0) is 0 Å². The van der Waals surface area contributed by atoms with Gasteiger partial charge in [0, 0.05) is 5.92 Å². The van der Waals surface area contributed by atoms with Crippen molar-refractivity contribution in [1.82, 2.24) is 19.5 Å². The summed E-state index contributed by atoms with van der Waals surface area (Å²) in [5.74, 6) is -3.94. The Morgan fingerprint density at radius 1 is 1.54 bits per heavy atom. The topological polar surface area (TPSA) is 163 Å². The van der Waals surface area contributed by atoms with Crippen molar-refractivity contribution in [3.8, 4) is 0 Å². The number of carbonyl (C=O) groups is 1. The van der Waals surface area contributed by atoms with Crippen LogP contribution in [0.4, 0.5) is 10.3 Å². The fourth-order valence-corrected chi connectivity index (χ4v) is 2.57. The number of aliphatic hydroxyl groups excluding tert-OH is 1. The smallest absolute Gasteiger partial charge is 0.280 e. The second-order valence-electron chi connectivity index (χ2n) is 6.28. The Bertz CT molecular complexity index is 894. The zero-order valence-corrected chi connectivity index (χ0v) is 13.9. The Balaban J connectivity index is 2.06. The van der Waals surface area contributed by atoms with Crippen molar-refractivity contribution in [3.05, 3.63) is 16.7 Å². The molecule has 1 aliphatic rings. The lowest BCUT2D eigenvalue weighted by atomic mass is 10.1. The van der Waals surface area contributed by atoms with Crippen LogP contribution >= 0.6 is 0 Å². The molecule has 142 valence electrons. The minimum absolute atomic E-state index is 0.156. The lowest BCUT2D eigenvalue weighted by Gasteiger charge is -2.24. The van der Waals surface area contributed by atoms with Crippen molar-refractivity contribution in [2.75, 3.05) is 11.9 Å². The third kappa shape index (κ3) is 2.86. The Labute approximate surface area is 145 Å². The van der Waals surface area contributed by atoms with Crippen molar-refractivity contribution in [3.63, 3.8) is 0 Å². The van der Waals surface area contributed by atoms with Crippen LogP contribution < -0.4 is 10.9 Å². The standard InChI is InChI=1S/C14H18FN5O6/c1-5(2)10(22)18-13-17-9-7(11(23)19-13)16-4-20(9)12-14(24,25)8(15)6(3-21)26-12/h4-6,8,12,21,24-25H,3H2,1-2H3,(H2,17,18,19,22,23)/t6-,8-,12-/m1/s1. The summed E-state index contributed by atoms with van der Waals surface area (Å²) in [5.41, 5.74) is -1.02. The maximum Gasteiger partial charge on any atom is 0.280 e. The number of alkyl halides is 1. The molecule has 1 aliphatic heterocycles. The van der Waals surface area contributed by atoms with Gasteiger partial charge in [0.25, 0.3) is 5.56 Å². The number of anilines is 1. The van der Waals surface area contributed by atoms with Gasteiger partial charge in [0.1, 0.15) is 6.10 Å². The number of carbonyl (C=O) groups excluding carboxylic acids is 1. The van der Waals surface area contributed by atoms with E-state index < -0.39 is 42.4 Å². The number of hydrogen-bond donors (Lipinski definition) is 5. The van der Waals surface area contributed by atoms with Crippen LogP contribution in [0, 0.1) is 5.92 Å². The molecule has 0 spiro atoms. The van der Waals surface area contributed by atoms with Crippen LogP contribution in [0.5, 0.6) is 0 Å². The molecule has 11 nitrogen and oxygen atoms in total. The second-order valence-corrected chi connectivity index (χ2v) is 6.28. The average molecular weight is 371 g/mol. The van der Waals surface area contributed by atoms with E-state index >= 15 is 0 Å². The van der Waals surface area contributed by atoms with E-state index in [9.17, 15) is 24.2 Å². The molecule has 2 aromatic rings. The molecule has 0 radical (unpaired) electrons. The second kappa shape index (κ2) is 6.39. The van der Waals surface area contributed by atoms with Gasteiger partial charge in [0.15, 0.2) is 23.6 Å². The van der Waals surface area contributed by atoms with E-state index in [4.69, 9.17) is 9.84 Å². The van der Waals surface area contributed by atoms with Crippen molar-refractivity contribution >= 4 is 23.0 Å². The summed E-state index contributed by atoms with van der Waals surface area (Å²) in [6.45, 7) is 2.51. The van der Waals surface area contributed by atoms with Crippen LogP contribution in [0.2, 0.25) is 0 Å². The van der Waals surface area contributed by atoms with E-state index in [2.05, 4.69) is 20.3 Å². The average Bonchev–Trinajstić information content (AvgIpc) is 3.07. The zero-order chi connectivity index (χ0) is 19.2. The molecule has 0 saturated carbocycles. The maximum atomic E-state index is 14.1. The molecule has 2 aromatic heterocycles. The van der Waals surface area contributed by atoms with Gasteiger partial charge in [0.05, 0.1) is 12.9 Å². The van der Waals surface area contributed by atoms with Crippen LogP contribution in [0.3, 0.4) is 0 Å². The number of H-pyrrole nitrogens is 1.